The zero-order chi connectivity index (χ0) is 33.7. The van der Waals surface area contributed by atoms with Crippen molar-refractivity contribution in [3.05, 3.63) is 83.8 Å². The van der Waals surface area contributed by atoms with E-state index in [0.29, 0.717) is 48.4 Å². The molecule has 0 bridgehead atoms. The predicted molar refractivity (Wildman–Crippen MR) is 183 cm³/mol. The van der Waals surface area contributed by atoms with Gasteiger partial charge in [0, 0.05) is 49.2 Å². The maximum atomic E-state index is 14.1. The lowest BCUT2D eigenvalue weighted by Gasteiger charge is -2.34. The number of fused-ring (bicyclic) bond motifs is 1. The SMILES string of the molecule is COc1ccc(CN2CCc3nc(N[C@@H]4CCCC[C@@H]4NC(=O)OC(C)(C)C)nc(Nc4cccc(-c5ncccn5)c4)c3C2=O)cc1. The van der Waals surface area contributed by atoms with Crippen molar-refractivity contribution < 1.29 is 19.1 Å². The first-order chi connectivity index (χ1) is 23.1. The van der Waals surface area contributed by atoms with Crippen molar-refractivity contribution in [2.45, 2.75) is 77.1 Å². The molecule has 1 aliphatic heterocycles. The van der Waals surface area contributed by atoms with Gasteiger partial charge in [0.25, 0.3) is 5.91 Å². The smallest absolute Gasteiger partial charge is 0.407 e. The van der Waals surface area contributed by atoms with E-state index in [9.17, 15) is 9.59 Å². The van der Waals surface area contributed by atoms with Crippen molar-refractivity contribution in [3.63, 3.8) is 0 Å². The van der Waals surface area contributed by atoms with Gasteiger partial charge in [-0.1, -0.05) is 37.1 Å². The number of benzene rings is 2. The first kappa shape index (κ1) is 32.7. The van der Waals surface area contributed by atoms with Crippen LogP contribution in [0.3, 0.4) is 0 Å². The Morgan fingerprint density at radius 1 is 0.979 bits per heavy atom. The Bertz CT molecular complexity index is 1740. The number of rotatable bonds is 9. The number of ether oxygens (including phenoxy) is 2. The third kappa shape index (κ3) is 7.99. The first-order valence-corrected chi connectivity index (χ1v) is 16.4. The van der Waals surface area contributed by atoms with Crippen LogP contribution in [0.25, 0.3) is 11.4 Å². The lowest BCUT2D eigenvalue weighted by molar-refractivity contribution is 0.0488. The van der Waals surface area contributed by atoms with Crippen LogP contribution in [0.4, 0.5) is 22.2 Å². The van der Waals surface area contributed by atoms with Crippen LogP contribution in [0.2, 0.25) is 0 Å². The molecule has 6 rings (SSSR count). The van der Waals surface area contributed by atoms with Crippen LogP contribution in [0.5, 0.6) is 5.75 Å². The van der Waals surface area contributed by atoms with Crippen molar-refractivity contribution in [2.75, 3.05) is 24.3 Å². The van der Waals surface area contributed by atoms with E-state index in [0.717, 1.165) is 48.2 Å². The van der Waals surface area contributed by atoms with Gasteiger partial charge in [-0.05, 0) is 69.5 Å². The maximum absolute atomic E-state index is 14.1. The molecule has 0 saturated heterocycles. The van der Waals surface area contributed by atoms with E-state index >= 15 is 0 Å². The summed E-state index contributed by atoms with van der Waals surface area (Å²) < 4.78 is 10.8. The Morgan fingerprint density at radius 2 is 1.73 bits per heavy atom. The number of methoxy groups -OCH3 is 1. The highest BCUT2D eigenvalue weighted by atomic mass is 16.6. The van der Waals surface area contributed by atoms with Gasteiger partial charge < -0.3 is 30.3 Å². The summed E-state index contributed by atoms with van der Waals surface area (Å²) in [4.78, 5) is 47.1. The van der Waals surface area contributed by atoms with E-state index in [1.54, 1.807) is 25.6 Å². The van der Waals surface area contributed by atoms with Crippen LogP contribution >= 0.6 is 0 Å². The summed E-state index contributed by atoms with van der Waals surface area (Å²) in [6, 6.07) is 16.9. The molecule has 3 N–H and O–H groups in total. The Hall–Kier alpha value is -5.26. The number of alkyl carbamates (subject to hydrolysis) is 1. The van der Waals surface area contributed by atoms with E-state index in [2.05, 4.69) is 25.9 Å². The van der Waals surface area contributed by atoms with Crippen LogP contribution in [0.15, 0.2) is 67.0 Å². The molecule has 2 aromatic carbocycles. The van der Waals surface area contributed by atoms with Gasteiger partial charge in [-0.15, -0.1) is 0 Å². The molecule has 4 aromatic rings. The molecule has 0 radical (unpaired) electrons. The quantitative estimate of drug-likeness (QED) is 0.194. The zero-order valence-electron chi connectivity index (χ0n) is 27.8. The number of amides is 2. The molecule has 1 saturated carbocycles. The van der Waals surface area contributed by atoms with Gasteiger partial charge in [0.2, 0.25) is 5.95 Å². The predicted octanol–water partition coefficient (Wildman–Crippen LogP) is 6.13. The number of carbonyl (C=O) groups is 2. The van der Waals surface area contributed by atoms with Crippen LogP contribution in [0, 0.1) is 0 Å². The molecular weight excluding hydrogens is 608 g/mol. The molecule has 2 aromatic heterocycles. The minimum absolute atomic E-state index is 0.110. The van der Waals surface area contributed by atoms with Crippen LogP contribution in [-0.2, 0) is 17.7 Å². The highest BCUT2D eigenvalue weighted by Gasteiger charge is 2.33. The number of hydrogen-bond donors (Lipinski definition) is 3. The fourth-order valence-electron chi connectivity index (χ4n) is 6.09. The normalized spacial score (nSPS) is 17.7. The fraction of sp³-hybridized carbons (Fsp3) is 0.389. The van der Waals surface area contributed by atoms with Crippen molar-refractivity contribution >= 4 is 29.5 Å². The van der Waals surface area contributed by atoms with Crippen LogP contribution in [-0.4, -0.2) is 68.2 Å². The molecule has 0 spiro atoms. The lowest BCUT2D eigenvalue weighted by atomic mass is 9.90. The molecule has 2 amide bonds. The number of hydrogen-bond acceptors (Lipinski definition) is 10. The summed E-state index contributed by atoms with van der Waals surface area (Å²) in [5, 5.41) is 9.97. The van der Waals surface area contributed by atoms with Crippen molar-refractivity contribution in [2.24, 2.45) is 0 Å². The van der Waals surface area contributed by atoms with Gasteiger partial charge >= 0.3 is 6.09 Å². The Kier molecular flexibility index (Phi) is 9.70. The van der Waals surface area contributed by atoms with Gasteiger partial charge in [-0.3, -0.25) is 4.79 Å². The summed E-state index contributed by atoms with van der Waals surface area (Å²) in [5.41, 5.74) is 3.07. The largest absolute Gasteiger partial charge is 0.497 e. The zero-order valence-corrected chi connectivity index (χ0v) is 27.8. The Balaban J connectivity index is 1.30. The molecule has 48 heavy (non-hydrogen) atoms. The molecule has 12 nitrogen and oxygen atoms in total. The van der Waals surface area contributed by atoms with Gasteiger partial charge in [0.05, 0.1) is 18.8 Å². The lowest BCUT2D eigenvalue weighted by Crippen LogP contribution is -2.50. The van der Waals surface area contributed by atoms with Crippen molar-refractivity contribution in [1.29, 1.82) is 0 Å². The molecule has 1 aliphatic carbocycles. The van der Waals surface area contributed by atoms with Gasteiger partial charge in [-0.25, -0.2) is 19.7 Å². The topological polar surface area (TPSA) is 143 Å². The van der Waals surface area contributed by atoms with Gasteiger partial charge in [0.15, 0.2) is 5.82 Å². The second-order valence-electron chi connectivity index (χ2n) is 13.1. The molecule has 3 heterocycles. The molecular formula is C36H42N8O4. The minimum Gasteiger partial charge on any atom is -0.497 e. The van der Waals surface area contributed by atoms with Crippen LogP contribution in [0.1, 0.15) is 68.1 Å². The summed E-state index contributed by atoms with van der Waals surface area (Å²) in [7, 11) is 1.63. The van der Waals surface area contributed by atoms with E-state index in [-0.39, 0.29) is 18.0 Å². The summed E-state index contributed by atoms with van der Waals surface area (Å²) in [6.07, 6.45) is 7.16. The van der Waals surface area contributed by atoms with E-state index in [1.807, 2.05) is 74.2 Å². The van der Waals surface area contributed by atoms with E-state index in [4.69, 9.17) is 19.4 Å². The standard InChI is InChI=1S/C36H42N8O4/c1-36(2,3)48-35(46)42-28-12-6-5-11-27(28)40-34-41-29-17-20-44(22-23-13-15-26(47-4)16-14-23)33(45)30(29)32(43-34)39-25-10-7-9-24(21-25)31-37-18-8-19-38-31/h7-10,13-16,18-19,21,27-28H,5-6,11-12,17,20,22H2,1-4H3,(H,42,46)(H2,39,40,41,43)/t27-,28+/m1/s1. The fourth-order valence-corrected chi connectivity index (χ4v) is 6.09. The Morgan fingerprint density at radius 3 is 2.46 bits per heavy atom. The monoisotopic (exact) mass is 650 g/mol. The molecule has 0 unspecified atom stereocenters. The van der Waals surface area contributed by atoms with E-state index < -0.39 is 11.7 Å². The Labute approximate surface area is 280 Å². The summed E-state index contributed by atoms with van der Waals surface area (Å²) in [6.45, 7) is 6.51. The summed E-state index contributed by atoms with van der Waals surface area (Å²) in [5.74, 6) is 2.02. The third-order valence-electron chi connectivity index (χ3n) is 8.37. The van der Waals surface area contributed by atoms with Gasteiger partial charge in [0.1, 0.15) is 22.7 Å². The average Bonchev–Trinajstić information content (AvgIpc) is 3.07. The minimum atomic E-state index is -0.596. The van der Waals surface area contributed by atoms with Crippen LogP contribution < -0.4 is 20.7 Å². The highest BCUT2D eigenvalue weighted by molar-refractivity contribution is 6.01. The highest BCUT2D eigenvalue weighted by Crippen LogP contribution is 2.31. The third-order valence-corrected chi connectivity index (χ3v) is 8.37. The number of anilines is 3. The second kappa shape index (κ2) is 14.2. The number of nitrogens with zero attached hydrogens (tertiary/aromatic N) is 5. The maximum Gasteiger partial charge on any atom is 0.407 e. The first-order valence-electron chi connectivity index (χ1n) is 16.4. The number of carbonyl (C=O) groups excluding carboxylic acids is 2. The van der Waals surface area contributed by atoms with Gasteiger partial charge in [-0.2, -0.15) is 4.98 Å². The van der Waals surface area contributed by atoms with E-state index in [1.165, 1.54) is 0 Å². The van der Waals surface area contributed by atoms with Crippen molar-refractivity contribution in [3.8, 4) is 17.1 Å². The number of nitrogens with one attached hydrogen (secondary N) is 3. The second-order valence-corrected chi connectivity index (χ2v) is 13.1. The molecule has 12 heteroatoms. The summed E-state index contributed by atoms with van der Waals surface area (Å²) >= 11 is 0. The molecule has 1 fully saturated rings. The number of aromatic nitrogens is 4. The average molecular weight is 651 g/mol. The molecule has 2 atom stereocenters. The van der Waals surface area contributed by atoms with Crippen molar-refractivity contribution in [1.82, 2.24) is 30.2 Å². The molecule has 2 aliphatic rings. The molecule has 250 valence electrons.